The average molecular weight is 412 g/mol. The molecule has 1 atom stereocenters. The fourth-order valence-electron chi connectivity index (χ4n) is 3.84. The smallest absolute Gasteiger partial charge is 0.269 e. The summed E-state index contributed by atoms with van der Waals surface area (Å²) in [6.45, 7) is 4.78. The van der Waals surface area contributed by atoms with Gasteiger partial charge in [0, 0.05) is 37.9 Å². The van der Waals surface area contributed by atoms with E-state index in [4.69, 9.17) is 4.74 Å². The second-order valence-corrected chi connectivity index (χ2v) is 8.17. The lowest BCUT2D eigenvalue weighted by Gasteiger charge is -2.37. The van der Waals surface area contributed by atoms with Crippen LogP contribution in [0.15, 0.2) is 53.3 Å². The van der Waals surface area contributed by atoms with Crippen molar-refractivity contribution in [2.45, 2.75) is 19.4 Å². The Kier molecular flexibility index (Phi) is 5.58. The van der Waals surface area contributed by atoms with Gasteiger partial charge < -0.3 is 14.5 Å². The van der Waals surface area contributed by atoms with Crippen molar-refractivity contribution in [1.82, 2.24) is 8.86 Å². The predicted octanol–water partition coefficient (Wildman–Crippen LogP) is 3.37. The fourth-order valence-corrected chi connectivity index (χ4v) is 4.99. The van der Waals surface area contributed by atoms with Crippen molar-refractivity contribution in [2.24, 2.45) is 0 Å². The van der Waals surface area contributed by atoms with Crippen LogP contribution in [0.4, 0.5) is 5.69 Å². The Bertz CT molecular complexity index is 1070. The number of rotatable bonds is 5. The normalized spacial score (nSPS) is 15.5. The second-order valence-electron chi connectivity index (χ2n) is 7.16. The molecule has 0 radical (unpaired) electrons. The van der Waals surface area contributed by atoms with Gasteiger partial charge in [-0.25, -0.2) is 0 Å². The molecule has 1 aliphatic rings. The van der Waals surface area contributed by atoms with Gasteiger partial charge in [-0.2, -0.15) is 0 Å². The Morgan fingerprint density at radius 3 is 2.55 bits per heavy atom. The van der Waals surface area contributed by atoms with E-state index in [0.29, 0.717) is 24.9 Å². The third kappa shape index (κ3) is 3.74. The zero-order chi connectivity index (χ0) is 20.4. The lowest BCUT2D eigenvalue weighted by atomic mass is 10.1. The van der Waals surface area contributed by atoms with Crippen LogP contribution in [0.3, 0.4) is 0 Å². The quantitative estimate of drug-likeness (QED) is 0.646. The fraction of sp³-hybridized carbons (Fsp3) is 0.364. The molecule has 29 heavy (non-hydrogen) atoms. The highest BCUT2D eigenvalue weighted by Gasteiger charge is 2.29. The zero-order valence-corrected chi connectivity index (χ0v) is 17.5. The largest absolute Gasteiger partial charge is 0.497 e. The van der Waals surface area contributed by atoms with E-state index in [1.807, 2.05) is 54.3 Å². The summed E-state index contributed by atoms with van der Waals surface area (Å²) in [5.74, 6) is 0.864. The van der Waals surface area contributed by atoms with Gasteiger partial charge in [-0.1, -0.05) is 36.7 Å². The van der Waals surface area contributed by atoms with Gasteiger partial charge in [-0.15, -0.1) is 0 Å². The molecule has 6 nitrogen and oxygen atoms in total. The number of amides is 1. The molecule has 4 rings (SSSR count). The van der Waals surface area contributed by atoms with Crippen LogP contribution in [0.25, 0.3) is 10.1 Å². The molecule has 7 heteroatoms. The number of hydrogen-bond donors (Lipinski definition) is 0. The summed E-state index contributed by atoms with van der Waals surface area (Å²) in [6.07, 6.45) is 0.599. The molecular weight excluding hydrogens is 386 g/mol. The molecule has 0 aliphatic carbocycles. The molecular formula is C22H25N3O3S. The van der Waals surface area contributed by atoms with E-state index in [1.54, 1.807) is 11.1 Å². The number of carbonyl (C=O) groups is 1. The Labute approximate surface area is 174 Å². The summed E-state index contributed by atoms with van der Waals surface area (Å²) in [6, 6.07) is 15.1. The van der Waals surface area contributed by atoms with E-state index in [0.717, 1.165) is 29.2 Å². The van der Waals surface area contributed by atoms with Crippen LogP contribution in [-0.4, -0.2) is 48.1 Å². The number of anilines is 1. The minimum absolute atomic E-state index is 0.0337. The first-order chi connectivity index (χ1) is 14.1. The molecule has 0 N–H and O–H groups in total. The number of ether oxygens (including phenoxy) is 1. The maximum atomic E-state index is 13.2. The van der Waals surface area contributed by atoms with Gasteiger partial charge in [0.15, 0.2) is 0 Å². The van der Waals surface area contributed by atoms with Crippen molar-refractivity contribution in [3.8, 4) is 5.75 Å². The minimum atomic E-state index is -0.441. The minimum Gasteiger partial charge on any atom is -0.497 e. The summed E-state index contributed by atoms with van der Waals surface area (Å²) < 4.78 is 7.89. The summed E-state index contributed by atoms with van der Waals surface area (Å²) in [5.41, 5.74) is 1.03. The summed E-state index contributed by atoms with van der Waals surface area (Å²) in [7, 11) is 1.66. The average Bonchev–Trinajstić information content (AvgIpc) is 3.11. The van der Waals surface area contributed by atoms with Crippen LogP contribution in [0, 0.1) is 0 Å². The number of carbonyl (C=O) groups excluding carboxylic acids is 1. The van der Waals surface area contributed by atoms with E-state index in [2.05, 4.69) is 11.0 Å². The number of hydrogen-bond acceptors (Lipinski definition) is 5. The molecule has 0 unspecified atom stereocenters. The third-order valence-electron chi connectivity index (χ3n) is 5.48. The van der Waals surface area contributed by atoms with Gasteiger partial charge >= 0.3 is 0 Å². The number of benzene rings is 2. The molecule has 3 aromatic rings. The van der Waals surface area contributed by atoms with Gasteiger partial charge in [-0.05, 0) is 30.7 Å². The van der Waals surface area contributed by atoms with Crippen LogP contribution < -0.4 is 15.2 Å². The number of methoxy groups -OCH3 is 1. The van der Waals surface area contributed by atoms with Gasteiger partial charge in [0.25, 0.3) is 5.56 Å². The van der Waals surface area contributed by atoms with E-state index in [-0.39, 0.29) is 11.5 Å². The number of piperazine rings is 1. The van der Waals surface area contributed by atoms with Gasteiger partial charge in [-0.3, -0.25) is 13.5 Å². The van der Waals surface area contributed by atoms with Gasteiger partial charge in [0.1, 0.15) is 11.8 Å². The Morgan fingerprint density at radius 2 is 1.86 bits per heavy atom. The van der Waals surface area contributed by atoms with Crippen LogP contribution in [0.2, 0.25) is 0 Å². The monoisotopic (exact) mass is 411 g/mol. The first-order valence-electron chi connectivity index (χ1n) is 9.90. The molecule has 0 saturated carbocycles. The molecule has 2 heterocycles. The Hall–Kier alpha value is -2.80. The van der Waals surface area contributed by atoms with Crippen molar-refractivity contribution in [3.05, 3.63) is 58.9 Å². The van der Waals surface area contributed by atoms with Crippen LogP contribution in [-0.2, 0) is 4.79 Å². The highest BCUT2D eigenvalue weighted by molar-refractivity contribution is 7.14. The topological polar surface area (TPSA) is 54.8 Å². The lowest BCUT2D eigenvalue weighted by molar-refractivity contribution is -0.135. The highest BCUT2D eigenvalue weighted by atomic mass is 32.1. The van der Waals surface area contributed by atoms with E-state index in [1.165, 1.54) is 11.5 Å². The van der Waals surface area contributed by atoms with Crippen LogP contribution >= 0.6 is 11.5 Å². The van der Waals surface area contributed by atoms with E-state index in [9.17, 15) is 9.59 Å². The summed E-state index contributed by atoms with van der Waals surface area (Å²) in [4.78, 5) is 30.2. The van der Waals surface area contributed by atoms with Crippen molar-refractivity contribution < 1.29 is 9.53 Å². The van der Waals surface area contributed by atoms with E-state index >= 15 is 0 Å². The molecule has 1 amide bonds. The Balaban J connectivity index is 1.49. The van der Waals surface area contributed by atoms with E-state index < -0.39 is 6.04 Å². The molecule has 1 aromatic heterocycles. The van der Waals surface area contributed by atoms with Crippen molar-refractivity contribution in [3.63, 3.8) is 0 Å². The summed E-state index contributed by atoms with van der Waals surface area (Å²) >= 11 is 1.38. The number of nitrogens with zero attached hydrogens (tertiary/aromatic N) is 3. The summed E-state index contributed by atoms with van der Waals surface area (Å²) in [5, 5.41) is 0.687. The number of fused-ring (bicyclic) bond motifs is 1. The van der Waals surface area contributed by atoms with Gasteiger partial charge in [0.2, 0.25) is 5.91 Å². The first kappa shape index (κ1) is 19.5. The van der Waals surface area contributed by atoms with Crippen molar-refractivity contribution in [1.29, 1.82) is 0 Å². The maximum absolute atomic E-state index is 13.2. The van der Waals surface area contributed by atoms with Crippen molar-refractivity contribution in [2.75, 3.05) is 38.2 Å². The Morgan fingerprint density at radius 1 is 1.10 bits per heavy atom. The molecule has 152 valence electrons. The molecule has 1 saturated heterocycles. The second kappa shape index (κ2) is 8.29. The standard InChI is InChI=1S/C22H25N3O3S/c1-3-19(25-21(26)18-9-4-5-10-20(18)29-25)22(27)24-13-11-23(12-14-24)16-7-6-8-17(15-16)28-2/h4-10,15,19H,3,11-14H2,1-2H3/t19-/m0/s1. The first-order valence-corrected chi connectivity index (χ1v) is 10.7. The third-order valence-corrected chi connectivity index (χ3v) is 6.65. The van der Waals surface area contributed by atoms with Crippen molar-refractivity contribution >= 4 is 33.2 Å². The molecule has 0 spiro atoms. The van der Waals surface area contributed by atoms with Crippen LogP contribution in [0.1, 0.15) is 19.4 Å². The molecule has 0 bridgehead atoms. The molecule has 1 fully saturated rings. The molecule has 1 aliphatic heterocycles. The zero-order valence-electron chi connectivity index (χ0n) is 16.7. The maximum Gasteiger partial charge on any atom is 0.269 e. The highest BCUT2D eigenvalue weighted by Crippen LogP contribution is 2.25. The SMILES string of the molecule is CC[C@@H](C(=O)N1CCN(c2cccc(OC)c2)CC1)n1sc2ccccc2c1=O. The van der Waals surface area contributed by atoms with Gasteiger partial charge in [0.05, 0.1) is 17.2 Å². The predicted molar refractivity (Wildman–Crippen MR) is 117 cm³/mol. The van der Waals surface area contributed by atoms with Crippen LogP contribution in [0.5, 0.6) is 5.75 Å². The number of aromatic nitrogens is 1. The molecule has 2 aromatic carbocycles. The lowest BCUT2D eigenvalue weighted by Crippen LogP contribution is -2.51.